The number of carboxylic acid groups (broad SMARTS) is 1. The van der Waals surface area contributed by atoms with Crippen molar-refractivity contribution in [2.24, 2.45) is 5.73 Å². The molecule has 0 saturated carbocycles. The number of amides is 1. The van der Waals surface area contributed by atoms with Crippen LogP contribution in [-0.2, 0) is 22.6 Å². The molecule has 0 aliphatic carbocycles. The molecule has 0 radical (unpaired) electrons. The highest BCUT2D eigenvalue weighted by Crippen LogP contribution is 2.13. The summed E-state index contributed by atoms with van der Waals surface area (Å²) in [5.74, 6) is -1.22. The molecule has 104 valence electrons. The summed E-state index contributed by atoms with van der Waals surface area (Å²) in [7, 11) is 0. The average Bonchev–Trinajstić information content (AvgIpc) is 2.25. The van der Waals surface area contributed by atoms with Gasteiger partial charge in [0.05, 0.1) is 6.42 Å². The fourth-order valence-corrected chi connectivity index (χ4v) is 1.90. The second-order valence-electron chi connectivity index (χ2n) is 5.22. The maximum Gasteiger partial charge on any atom is 0.307 e. The van der Waals surface area contributed by atoms with Gasteiger partial charge in [-0.25, -0.2) is 0 Å². The van der Waals surface area contributed by atoms with E-state index in [1.807, 2.05) is 32.0 Å². The van der Waals surface area contributed by atoms with E-state index >= 15 is 0 Å². The van der Waals surface area contributed by atoms with Gasteiger partial charge in [-0.15, -0.1) is 0 Å². The van der Waals surface area contributed by atoms with Crippen molar-refractivity contribution in [2.45, 2.75) is 38.8 Å². The summed E-state index contributed by atoms with van der Waals surface area (Å²) in [6, 6.07) is 7.36. The monoisotopic (exact) mass is 264 g/mol. The molecule has 0 spiro atoms. The van der Waals surface area contributed by atoms with Crippen LogP contribution in [0.15, 0.2) is 24.3 Å². The standard InChI is InChI=1S/C14H20N2O3/c1-14(2,8-12(15)17)16-9-11-6-4-3-5-10(11)7-13(18)19/h3-6,16H,7-9H2,1-2H3,(H2,15,17)(H,18,19). The maximum absolute atomic E-state index is 10.9. The van der Waals surface area contributed by atoms with Crippen LogP contribution in [0.3, 0.4) is 0 Å². The zero-order valence-electron chi connectivity index (χ0n) is 11.3. The highest BCUT2D eigenvalue weighted by molar-refractivity contribution is 5.75. The molecule has 1 rings (SSSR count). The molecule has 0 aromatic heterocycles. The van der Waals surface area contributed by atoms with Crippen LogP contribution in [0.5, 0.6) is 0 Å². The van der Waals surface area contributed by atoms with Crippen LogP contribution in [0.4, 0.5) is 0 Å². The molecule has 1 aromatic carbocycles. The first-order valence-electron chi connectivity index (χ1n) is 6.12. The molecule has 5 heteroatoms. The Balaban J connectivity index is 2.72. The first kappa shape index (κ1) is 15.2. The van der Waals surface area contributed by atoms with Gasteiger partial charge in [0.1, 0.15) is 0 Å². The summed E-state index contributed by atoms with van der Waals surface area (Å²) in [6.07, 6.45) is 0.224. The Hall–Kier alpha value is -1.88. The number of nitrogens with two attached hydrogens (primary N) is 1. The van der Waals surface area contributed by atoms with Crippen molar-refractivity contribution in [2.75, 3.05) is 0 Å². The number of benzene rings is 1. The molecule has 5 nitrogen and oxygen atoms in total. The van der Waals surface area contributed by atoms with Gasteiger partial charge in [0.15, 0.2) is 0 Å². The van der Waals surface area contributed by atoms with Crippen molar-refractivity contribution in [3.63, 3.8) is 0 Å². The third-order valence-electron chi connectivity index (χ3n) is 2.83. The van der Waals surface area contributed by atoms with E-state index < -0.39 is 11.5 Å². The number of hydrogen-bond donors (Lipinski definition) is 3. The van der Waals surface area contributed by atoms with Gasteiger partial charge < -0.3 is 16.2 Å². The third kappa shape index (κ3) is 5.52. The fraction of sp³-hybridized carbons (Fsp3) is 0.429. The van der Waals surface area contributed by atoms with Crippen molar-refractivity contribution in [1.29, 1.82) is 0 Å². The van der Waals surface area contributed by atoms with E-state index in [4.69, 9.17) is 10.8 Å². The number of carbonyl (C=O) groups is 2. The van der Waals surface area contributed by atoms with Crippen LogP contribution >= 0.6 is 0 Å². The number of hydrogen-bond acceptors (Lipinski definition) is 3. The van der Waals surface area contributed by atoms with Crippen LogP contribution in [0.2, 0.25) is 0 Å². The molecular formula is C14H20N2O3. The van der Waals surface area contributed by atoms with Gasteiger partial charge >= 0.3 is 5.97 Å². The molecule has 0 saturated heterocycles. The highest BCUT2D eigenvalue weighted by Gasteiger charge is 2.20. The van der Waals surface area contributed by atoms with Gasteiger partial charge in [-0.2, -0.15) is 0 Å². The Labute approximate surface area is 112 Å². The van der Waals surface area contributed by atoms with Gasteiger partial charge in [0.25, 0.3) is 0 Å². The quantitative estimate of drug-likeness (QED) is 0.686. The third-order valence-corrected chi connectivity index (χ3v) is 2.83. The molecule has 0 aliphatic heterocycles. The van der Waals surface area contributed by atoms with Crippen molar-refractivity contribution < 1.29 is 14.7 Å². The second kappa shape index (κ2) is 6.33. The van der Waals surface area contributed by atoms with E-state index in [-0.39, 0.29) is 18.7 Å². The Morgan fingerprint density at radius 1 is 1.26 bits per heavy atom. The summed E-state index contributed by atoms with van der Waals surface area (Å²) in [5.41, 5.74) is 6.47. The highest BCUT2D eigenvalue weighted by atomic mass is 16.4. The van der Waals surface area contributed by atoms with Crippen LogP contribution in [0.1, 0.15) is 31.4 Å². The molecule has 0 bridgehead atoms. The number of aliphatic carboxylic acids is 1. The molecular weight excluding hydrogens is 244 g/mol. The topological polar surface area (TPSA) is 92.4 Å². The summed E-state index contributed by atoms with van der Waals surface area (Å²) < 4.78 is 0. The SMILES string of the molecule is CC(C)(CC(N)=O)NCc1ccccc1CC(=O)O. The molecule has 0 unspecified atom stereocenters. The zero-order valence-corrected chi connectivity index (χ0v) is 11.3. The fourth-order valence-electron chi connectivity index (χ4n) is 1.90. The summed E-state index contributed by atoms with van der Waals surface area (Å²) >= 11 is 0. The molecule has 0 heterocycles. The number of nitrogens with one attached hydrogen (secondary N) is 1. The Morgan fingerprint density at radius 2 is 1.84 bits per heavy atom. The Kier molecular flexibility index (Phi) is 5.06. The lowest BCUT2D eigenvalue weighted by Crippen LogP contribution is -2.42. The maximum atomic E-state index is 10.9. The Morgan fingerprint density at radius 3 is 2.37 bits per heavy atom. The molecule has 0 fully saturated rings. The van der Waals surface area contributed by atoms with Crippen molar-refractivity contribution in [1.82, 2.24) is 5.32 Å². The smallest absolute Gasteiger partial charge is 0.307 e. The molecule has 0 aliphatic rings. The molecule has 19 heavy (non-hydrogen) atoms. The van der Waals surface area contributed by atoms with Crippen molar-refractivity contribution in [3.05, 3.63) is 35.4 Å². The molecule has 4 N–H and O–H groups in total. The predicted molar refractivity (Wildman–Crippen MR) is 72.5 cm³/mol. The number of rotatable bonds is 7. The van der Waals surface area contributed by atoms with Crippen LogP contribution in [0, 0.1) is 0 Å². The first-order valence-corrected chi connectivity index (χ1v) is 6.12. The van der Waals surface area contributed by atoms with Crippen molar-refractivity contribution >= 4 is 11.9 Å². The van der Waals surface area contributed by atoms with Crippen LogP contribution in [-0.4, -0.2) is 22.5 Å². The van der Waals surface area contributed by atoms with E-state index in [9.17, 15) is 9.59 Å². The molecule has 0 atom stereocenters. The van der Waals surface area contributed by atoms with E-state index in [0.29, 0.717) is 6.54 Å². The van der Waals surface area contributed by atoms with Crippen molar-refractivity contribution in [3.8, 4) is 0 Å². The van der Waals surface area contributed by atoms with E-state index in [2.05, 4.69) is 5.32 Å². The van der Waals surface area contributed by atoms with Gasteiger partial charge in [-0.1, -0.05) is 24.3 Å². The van der Waals surface area contributed by atoms with Gasteiger partial charge in [0, 0.05) is 18.5 Å². The van der Waals surface area contributed by atoms with Gasteiger partial charge in [0.2, 0.25) is 5.91 Å². The van der Waals surface area contributed by atoms with Crippen LogP contribution < -0.4 is 11.1 Å². The largest absolute Gasteiger partial charge is 0.481 e. The number of carboxylic acids is 1. The second-order valence-corrected chi connectivity index (χ2v) is 5.22. The van der Waals surface area contributed by atoms with Gasteiger partial charge in [-0.05, 0) is 25.0 Å². The minimum absolute atomic E-state index is 0.00585. The number of primary amides is 1. The summed E-state index contributed by atoms with van der Waals surface area (Å²) in [5, 5.41) is 12.1. The average molecular weight is 264 g/mol. The molecule has 1 aromatic rings. The molecule has 1 amide bonds. The lowest BCUT2D eigenvalue weighted by Gasteiger charge is -2.25. The predicted octanol–water partition coefficient (Wildman–Crippen LogP) is 1.06. The summed E-state index contributed by atoms with van der Waals surface area (Å²) in [6.45, 7) is 4.28. The normalized spacial score (nSPS) is 11.3. The van der Waals surface area contributed by atoms with Crippen LogP contribution in [0.25, 0.3) is 0 Å². The minimum atomic E-state index is -0.858. The van der Waals surface area contributed by atoms with E-state index in [1.54, 1.807) is 6.07 Å². The van der Waals surface area contributed by atoms with Gasteiger partial charge in [-0.3, -0.25) is 9.59 Å². The number of carbonyl (C=O) groups excluding carboxylic acids is 1. The summed E-state index contributed by atoms with van der Waals surface area (Å²) in [4.78, 5) is 21.7. The lowest BCUT2D eigenvalue weighted by atomic mass is 9.98. The lowest BCUT2D eigenvalue weighted by molar-refractivity contribution is -0.136. The van der Waals surface area contributed by atoms with E-state index in [0.717, 1.165) is 11.1 Å². The first-order chi connectivity index (χ1) is 8.80. The Bertz CT molecular complexity index is 470. The zero-order chi connectivity index (χ0) is 14.5. The minimum Gasteiger partial charge on any atom is -0.481 e. The van der Waals surface area contributed by atoms with E-state index in [1.165, 1.54) is 0 Å².